The molecule has 246 valence electrons. The third-order valence-electron chi connectivity index (χ3n) is 12.1. The van der Waals surface area contributed by atoms with Gasteiger partial charge in [-0.1, -0.05) is 38.0 Å². The number of hydrogen-bond donors (Lipinski definition) is 3. The van der Waals surface area contributed by atoms with Crippen LogP contribution in [0.3, 0.4) is 0 Å². The average molecular weight is 626 g/mol. The van der Waals surface area contributed by atoms with Gasteiger partial charge in [-0.3, -0.25) is 4.79 Å². The van der Waals surface area contributed by atoms with Gasteiger partial charge in [0.05, 0.1) is 18.1 Å². The predicted octanol–water partition coefficient (Wildman–Crippen LogP) is 4.25. The Kier molecular flexibility index (Phi) is 8.37. The smallest absolute Gasteiger partial charge is 0.339 e. The lowest BCUT2D eigenvalue weighted by atomic mass is 9.42. The quantitative estimate of drug-likeness (QED) is 0.228. The van der Waals surface area contributed by atoms with Crippen molar-refractivity contribution in [2.24, 2.45) is 22.7 Å². The Bertz CT molecular complexity index is 1430. The predicted molar refractivity (Wildman–Crippen MR) is 164 cm³/mol. The number of aliphatic hydroxyl groups is 3. The van der Waals surface area contributed by atoms with Crippen molar-refractivity contribution in [3.05, 3.63) is 47.2 Å². The van der Waals surface area contributed by atoms with E-state index < -0.39 is 63.5 Å². The minimum atomic E-state index is -2.00. The fourth-order valence-corrected chi connectivity index (χ4v) is 8.82. The Morgan fingerprint density at radius 2 is 1.76 bits per heavy atom. The van der Waals surface area contributed by atoms with E-state index in [9.17, 15) is 29.7 Å². The Hall–Kier alpha value is -3.08. The van der Waals surface area contributed by atoms with Crippen molar-refractivity contribution in [3.8, 4) is 5.88 Å². The molecule has 45 heavy (non-hydrogen) atoms. The van der Waals surface area contributed by atoms with E-state index in [-0.39, 0.29) is 31.6 Å². The Morgan fingerprint density at radius 3 is 2.36 bits per heavy atom. The van der Waals surface area contributed by atoms with Gasteiger partial charge < -0.3 is 29.5 Å². The second-order valence-electron chi connectivity index (χ2n) is 14.4. The molecule has 1 aromatic heterocycles. The highest BCUT2D eigenvalue weighted by molar-refractivity contribution is 5.89. The maximum Gasteiger partial charge on any atom is 0.339 e. The first kappa shape index (κ1) is 33.3. The number of carbonyl (C=O) groups is 3. The van der Waals surface area contributed by atoms with Crippen LogP contribution in [0.15, 0.2) is 41.6 Å². The van der Waals surface area contributed by atoms with Crippen molar-refractivity contribution in [2.75, 3.05) is 7.11 Å². The summed E-state index contributed by atoms with van der Waals surface area (Å²) in [6.07, 6.45) is 4.95. The highest BCUT2D eigenvalue weighted by Crippen LogP contribution is 2.71. The number of Topliss-reactive ketones (excluding diaryl/α,β-unsaturated/α-hetero) is 1. The standard InChI is InChI=1S/C35H47NO9/c1-20(2)21(3)16-29(38)45-27-18-26-31(5)12-11-25(44-30(39)23-8-9-28(43-7)36-19-23)17-24(31)10-13-34(26,41)35(42)15-14-33(40,22(4)37)32(27,35)6/h8-10,16,19-20,25-27,40-42H,11-15,17-18H2,1-7H3/b21-16+/t25-,26?,27+,31-,32+,33+,34-,35+/m0/s1. The maximum atomic E-state index is 13.3. The molecule has 4 aliphatic rings. The Labute approximate surface area is 264 Å². The summed E-state index contributed by atoms with van der Waals surface area (Å²) in [4.78, 5) is 43.3. The number of aromatic nitrogens is 1. The lowest BCUT2D eigenvalue weighted by molar-refractivity contribution is -0.314. The van der Waals surface area contributed by atoms with Crippen molar-refractivity contribution >= 4 is 17.7 Å². The third kappa shape index (κ3) is 4.86. The molecule has 1 unspecified atom stereocenters. The summed E-state index contributed by atoms with van der Waals surface area (Å²) in [5, 5.41) is 37.1. The number of carbonyl (C=O) groups excluding carboxylic acids is 3. The van der Waals surface area contributed by atoms with Gasteiger partial charge in [-0.25, -0.2) is 14.6 Å². The largest absolute Gasteiger partial charge is 0.481 e. The highest BCUT2D eigenvalue weighted by Gasteiger charge is 2.81. The molecule has 10 heteroatoms. The van der Waals surface area contributed by atoms with Crippen LogP contribution in [-0.2, 0) is 19.1 Å². The van der Waals surface area contributed by atoms with Crippen molar-refractivity contribution in [2.45, 2.75) is 115 Å². The molecule has 1 heterocycles. The van der Waals surface area contributed by atoms with Crippen LogP contribution in [0.5, 0.6) is 5.88 Å². The van der Waals surface area contributed by atoms with Crippen LogP contribution in [0.4, 0.5) is 0 Å². The van der Waals surface area contributed by atoms with Crippen LogP contribution in [0, 0.1) is 22.7 Å². The molecule has 1 aromatic rings. The number of fused-ring (bicyclic) bond motifs is 5. The average Bonchev–Trinajstić information content (AvgIpc) is 3.22. The maximum absolute atomic E-state index is 13.3. The van der Waals surface area contributed by atoms with E-state index in [2.05, 4.69) is 4.98 Å². The van der Waals surface area contributed by atoms with E-state index in [1.54, 1.807) is 19.1 Å². The summed E-state index contributed by atoms with van der Waals surface area (Å²) in [6, 6.07) is 3.20. The molecule has 5 rings (SSSR count). The minimum absolute atomic E-state index is 0.0309. The van der Waals surface area contributed by atoms with Gasteiger partial charge in [0.15, 0.2) is 5.78 Å². The van der Waals surface area contributed by atoms with E-state index >= 15 is 0 Å². The van der Waals surface area contributed by atoms with Crippen LogP contribution in [0.25, 0.3) is 0 Å². The van der Waals surface area contributed by atoms with Crippen LogP contribution < -0.4 is 4.74 Å². The molecule has 3 saturated carbocycles. The summed E-state index contributed by atoms with van der Waals surface area (Å²) in [6.45, 7) is 10.7. The van der Waals surface area contributed by atoms with E-state index in [4.69, 9.17) is 14.2 Å². The molecular formula is C35H47NO9. The van der Waals surface area contributed by atoms with Crippen molar-refractivity contribution < 1.29 is 43.9 Å². The molecule has 0 radical (unpaired) electrons. The lowest BCUT2D eigenvalue weighted by Crippen LogP contribution is -2.78. The zero-order valence-electron chi connectivity index (χ0n) is 27.4. The number of ether oxygens (including phenoxy) is 3. The minimum Gasteiger partial charge on any atom is -0.481 e. The molecular weight excluding hydrogens is 578 g/mol. The molecule has 8 atom stereocenters. The van der Waals surface area contributed by atoms with E-state index in [0.717, 1.165) is 11.1 Å². The number of ketones is 1. The molecule has 10 nitrogen and oxygen atoms in total. The van der Waals surface area contributed by atoms with Crippen molar-refractivity contribution in [1.29, 1.82) is 0 Å². The second-order valence-corrected chi connectivity index (χ2v) is 14.4. The molecule has 3 N–H and O–H groups in total. The molecule has 0 aliphatic heterocycles. The van der Waals surface area contributed by atoms with Gasteiger partial charge in [0.2, 0.25) is 5.88 Å². The number of nitrogens with zero attached hydrogens (tertiary/aromatic N) is 1. The van der Waals surface area contributed by atoms with E-state index in [1.807, 2.05) is 33.8 Å². The number of pyridine rings is 1. The van der Waals surface area contributed by atoms with Gasteiger partial charge in [-0.05, 0) is 76.7 Å². The third-order valence-corrected chi connectivity index (χ3v) is 12.1. The first-order valence-corrected chi connectivity index (χ1v) is 15.9. The fourth-order valence-electron chi connectivity index (χ4n) is 8.82. The normalized spacial score (nSPS) is 39.2. The molecule has 0 aromatic carbocycles. The summed E-state index contributed by atoms with van der Waals surface area (Å²) >= 11 is 0. The lowest BCUT2D eigenvalue weighted by Gasteiger charge is -2.67. The highest BCUT2D eigenvalue weighted by atomic mass is 16.6. The van der Waals surface area contributed by atoms with Crippen LogP contribution in [-0.4, -0.2) is 74.1 Å². The SMILES string of the molecule is COc1ccc(C(=O)O[C@H]2CC[C@@]3(C)C(=CC[C@]4(O)C3C[C@@H](OC(=O)/C=C(\C)C(C)C)[C@@]3(C)[C@]4(O)CC[C@@]3(O)C(C)=O)C2)cn1. The van der Waals surface area contributed by atoms with Gasteiger partial charge in [-0.15, -0.1) is 0 Å². The topological polar surface area (TPSA) is 152 Å². The fraction of sp³-hybridized carbons (Fsp3) is 0.657. The summed E-state index contributed by atoms with van der Waals surface area (Å²) in [7, 11) is 1.50. The van der Waals surface area contributed by atoms with Gasteiger partial charge in [0.1, 0.15) is 29.0 Å². The monoisotopic (exact) mass is 625 g/mol. The van der Waals surface area contributed by atoms with E-state index in [0.29, 0.717) is 30.7 Å². The van der Waals surface area contributed by atoms with Gasteiger partial charge in [-0.2, -0.15) is 0 Å². The first-order chi connectivity index (χ1) is 21.0. The number of rotatable bonds is 7. The van der Waals surface area contributed by atoms with E-state index in [1.165, 1.54) is 26.3 Å². The molecule has 0 bridgehead atoms. The zero-order chi connectivity index (χ0) is 33.2. The van der Waals surface area contributed by atoms with Gasteiger partial charge in [0.25, 0.3) is 0 Å². The first-order valence-electron chi connectivity index (χ1n) is 15.9. The van der Waals surface area contributed by atoms with Crippen LogP contribution in [0.1, 0.15) is 96.8 Å². The molecule has 0 spiro atoms. The summed E-state index contributed by atoms with van der Waals surface area (Å²) in [5.74, 6) is -1.70. The Morgan fingerprint density at radius 1 is 1.04 bits per heavy atom. The molecule has 0 amide bonds. The number of methoxy groups -OCH3 is 1. The summed E-state index contributed by atoms with van der Waals surface area (Å²) < 4.78 is 17.0. The molecule has 4 aliphatic carbocycles. The van der Waals surface area contributed by atoms with Crippen LogP contribution in [0.2, 0.25) is 0 Å². The number of esters is 2. The number of hydrogen-bond acceptors (Lipinski definition) is 10. The van der Waals surface area contributed by atoms with Crippen molar-refractivity contribution in [3.63, 3.8) is 0 Å². The Balaban J connectivity index is 1.48. The summed E-state index contributed by atoms with van der Waals surface area (Å²) in [5.41, 5.74) is -5.79. The molecule has 3 fully saturated rings. The van der Waals surface area contributed by atoms with Gasteiger partial charge in [0, 0.05) is 30.7 Å². The van der Waals surface area contributed by atoms with Crippen molar-refractivity contribution in [1.82, 2.24) is 4.98 Å². The molecule has 0 saturated heterocycles. The zero-order valence-corrected chi connectivity index (χ0v) is 27.4. The second kappa shape index (κ2) is 11.3. The van der Waals surface area contributed by atoms with Gasteiger partial charge >= 0.3 is 11.9 Å². The number of allylic oxidation sites excluding steroid dienone is 1. The van der Waals surface area contributed by atoms with Crippen LogP contribution >= 0.6 is 0 Å².